The molecule has 2 rings (SSSR count). The second-order valence-corrected chi connectivity index (χ2v) is 4.73. The van der Waals surface area contributed by atoms with E-state index in [1.807, 2.05) is 19.1 Å². The summed E-state index contributed by atoms with van der Waals surface area (Å²) in [6.45, 7) is 7.20. The number of nitrogens with one attached hydrogen (secondary N) is 1. The maximum atomic E-state index is 11.8. The highest BCUT2D eigenvalue weighted by atomic mass is 16.5. The Morgan fingerprint density at radius 1 is 1.42 bits per heavy atom. The second-order valence-electron chi connectivity index (χ2n) is 4.73. The molecule has 1 aliphatic heterocycles. The lowest BCUT2D eigenvalue weighted by atomic mass is 10.3. The van der Waals surface area contributed by atoms with Gasteiger partial charge in [-0.3, -0.25) is 9.69 Å². The Morgan fingerprint density at radius 3 is 2.95 bits per heavy atom. The number of pyridine rings is 1. The molecule has 1 aliphatic rings. The molecule has 1 aromatic rings. The fourth-order valence-corrected chi connectivity index (χ4v) is 2.09. The van der Waals surface area contributed by atoms with Crippen molar-refractivity contribution in [1.29, 1.82) is 0 Å². The second kappa shape index (κ2) is 7.21. The van der Waals surface area contributed by atoms with Crippen molar-refractivity contribution in [1.82, 2.24) is 15.2 Å². The Morgan fingerprint density at radius 2 is 2.21 bits per heavy atom. The zero-order valence-electron chi connectivity index (χ0n) is 11.4. The molecule has 1 fully saturated rings. The summed E-state index contributed by atoms with van der Waals surface area (Å²) in [6.07, 6.45) is 0.956. The molecule has 0 radical (unpaired) electrons. The van der Waals surface area contributed by atoms with Gasteiger partial charge < -0.3 is 10.1 Å². The SMILES string of the molecule is Cc1cccc(C(=O)NCCCN2CCOCC2)n1. The number of ether oxygens (including phenoxy) is 1. The number of aryl methyl sites for hydroxylation is 1. The van der Waals surface area contributed by atoms with Crippen molar-refractivity contribution in [3.05, 3.63) is 29.6 Å². The van der Waals surface area contributed by atoms with E-state index in [9.17, 15) is 4.79 Å². The summed E-state index contributed by atoms with van der Waals surface area (Å²) < 4.78 is 5.29. The van der Waals surface area contributed by atoms with E-state index in [-0.39, 0.29) is 5.91 Å². The first kappa shape index (κ1) is 14.0. The van der Waals surface area contributed by atoms with E-state index in [4.69, 9.17) is 4.74 Å². The molecule has 0 bridgehead atoms. The van der Waals surface area contributed by atoms with Gasteiger partial charge in [-0.25, -0.2) is 4.98 Å². The van der Waals surface area contributed by atoms with E-state index in [1.165, 1.54) is 0 Å². The number of nitrogens with zero attached hydrogens (tertiary/aromatic N) is 2. The van der Waals surface area contributed by atoms with Crippen molar-refractivity contribution < 1.29 is 9.53 Å². The fourth-order valence-electron chi connectivity index (χ4n) is 2.09. The van der Waals surface area contributed by atoms with Crippen LogP contribution in [0.5, 0.6) is 0 Å². The van der Waals surface area contributed by atoms with E-state index in [0.29, 0.717) is 12.2 Å². The molecular weight excluding hydrogens is 242 g/mol. The number of hydrogen-bond donors (Lipinski definition) is 1. The van der Waals surface area contributed by atoms with Crippen LogP contribution in [0.4, 0.5) is 0 Å². The van der Waals surface area contributed by atoms with Crippen molar-refractivity contribution in [3.63, 3.8) is 0 Å². The minimum Gasteiger partial charge on any atom is -0.379 e. The van der Waals surface area contributed by atoms with Crippen molar-refractivity contribution in [2.45, 2.75) is 13.3 Å². The topological polar surface area (TPSA) is 54.5 Å². The molecule has 1 amide bonds. The largest absolute Gasteiger partial charge is 0.379 e. The molecule has 1 N–H and O–H groups in total. The lowest BCUT2D eigenvalue weighted by molar-refractivity contribution is 0.0374. The molecule has 2 heterocycles. The number of carbonyl (C=O) groups is 1. The van der Waals surface area contributed by atoms with Gasteiger partial charge in [0.1, 0.15) is 5.69 Å². The zero-order valence-corrected chi connectivity index (χ0v) is 11.4. The standard InChI is InChI=1S/C14H21N3O2/c1-12-4-2-5-13(16-12)14(18)15-6-3-7-17-8-10-19-11-9-17/h2,4-5H,3,6-11H2,1H3,(H,15,18). The first-order chi connectivity index (χ1) is 9.25. The molecular formula is C14H21N3O2. The molecule has 1 aromatic heterocycles. The maximum absolute atomic E-state index is 11.8. The molecule has 5 nitrogen and oxygen atoms in total. The summed E-state index contributed by atoms with van der Waals surface area (Å²) >= 11 is 0. The molecule has 5 heteroatoms. The number of rotatable bonds is 5. The molecule has 0 saturated carbocycles. The number of amides is 1. The summed E-state index contributed by atoms with van der Waals surface area (Å²) in [7, 11) is 0. The summed E-state index contributed by atoms with van der Waals surface area (Å²) in [5.41, 5.74) is 1.35. The van der Waals surface area contributed by atoms with Gasteiger partial charge in [0.2, 0.25) is 0 Å². The first-order valence-corrected chi connectivity index (χ1v) is 6.77. The molecule has 0 aromatic carbocycles. The summed E-state index contributed by atoms with van der Waals surface area (Å²) in [6, 6.07) is 5.48. The molecule has 0 unspecified atom stereocenters. The van der Waals surface area contributed by atoms with Crippen LogP contribution in [0.2, 0.25) is 0 Å². The highest BCUT2D eigenvalue weighted by Gasteiger charge is 2.10. The van der Waals surface area contributed by atoms with Crippen LogP contribution < -0.4 is 5.32 Å². The number of morpholine rings is 1. The van der Waals surface area contributed by atoms with E-state index >= 15 is 0 Å². The Labute approximate surface area is 114 Å². The highest BCUT2D eigenvalue weighted by molar-refractivity contribution is 5.92. The predicted molar refractivity (Wildman–Crippen MR) is 73.2 cm³/mol. The number of carbonyl (C=O) groups excluding carboxylic acids is 1. The van der Waals surface area contributed by atoms with E-state index in [2.05, 4.69) is 15.2 Å². The molecule has 0 spiro atoms. The molecule has 0 aliphatic carbocycles. The Balaban J connectivity index is 1.66. The van der Waals surface area contributed by atoms with Crippen LogP contribution in [0, 0.1) is 6.92 Å². The average Bonchev–Trinajstić information content (AvgIpc) is 2.44. The van der Waals surface area contributed by atoms with E-state index < -0.39 is 0 Å². The number of hydrogen-bond acceptors (Lipinski definition) is 4. The Bertz CT molecular complexity index is 417. The third kappa shape index (κ3) is 4.61. The summed E-state index contributed by atoms with van der Waals surface area (Å²) in [4.78, 5) is 18.4. The van der Waals surface area contributed by atoms with E-state index in [1.54, 1.807) is 6.07 Å². The quantitative estimate of drug-likeness (QED) is 0.800. The van der Waals surface area contributed by atoms with Crippen molar-refractivity contribution >= 4 is 5.91 Å². The Hall–Kier alpha value is -1.46. The lowest BCUT2D eigenvalue weighted by Gasteiger charge is -2.26. The van der Waals surface area contributed by atoms with Gasteiger partial charge in [-0.2, -0.15) is 0 Å². The molecule has 19 heavy (non-hydrogen) atoms. The first-order valence-electron chi connectivity index (χ1n) is 6.77. The van der Waals surface area contributed by atoms with Crippen LogP contribution >= 0.6 is 0 Å². The summed E-state index contributed by atoms with van der Waals surface area (Å²) in [5.74, 6) is -0.0920. The average molecular weight is 263 g/mol. The third-order valence-electron chi connectivity index (χ3n) is 3.16. The monoisotopic (exact) mass is 263 g/mol. The summed E-state index contributed by atoms with van der Waals surface area (Å²) in [5, 5.41) is 2.91. The predicted octanol–water partition coefficient (Wildman–Crippen LogP) is 0.842. The maximum Gasteiger partial charge on any atom is 0.269 e. The van der Waals surface area contributed by atoms with Crippen LogP contribution in [0.15, 0.2) is 18.2 Å². The van der Waals surface area contributed by atoms with Gasteiger partial charge in [-0.15, -0.1) is 0 Å². The van der Waals surface area contributed by atoms with Gasteiger partial charge in [0, 0.05) is 25.3 Å². The smallest absolute Gasteiger partial charge is 0.269 e. The van der Waals surface area contributed by atoms with Crippen LogP contribution in [-0.4, -0.2) is 55.2 Å². The molecule has 104 valence electrons. The van der Waals surface area contributed by atoms with Gasteiger partial charge in [-0.05, 0) is 32.0 Å². The molecule has 0 atom stereocenters. The van der Waals surface area contributed by atoms with Crippen LogP contribution in [-0.2, 0) is 4.74 Å². The molecule has 1 saturated heterocycles. The van der Waals surface area contributed by atoms with Gasteiger partial charge in [-0.1, -0.05) is 6.07 Å². The zero-order chi connectivity index (χ0) is 13.5. The van der Waals surface area contributed by atoms with Crippen molar-refractivity contribution in [2.75, 3.05) is 39.4 Å². The Kier molecular flexibility index (Phi) is 5.30. The van der Waals surface area contributed by atoms with Crippen molar-refractivity contribution in [3.8, 4) is 0 Å². The van der Waals surface area contributed by atoms with Crippen LogP contribution in [0.1, 0.15) is 22.6 Å². The normalized spacial score (nSPS) is 16.3. The van der Waals surface area contributed by atoms with Crippen molar-refractivity contribution in [2.24, 2.45) is 0 Å². The van der Waals surface area contributed by atoms with Crippen LogP contribution in [0.25, 0.3) is 0 Å². The fraction of sp³-hybridized carbons (Fsp3) is 0.571. The van der Waals surface area contributed by atoms with Gasteiger partial charge in [0.15, 0.2) is 0 Å². The van der Waals surface area contributed by atoms with Gasteiger partial charge >= 0.3 is 0 Å². The minimum atomic E-state index is -0.0920. The highest BCUT2D eigenvalue weighted by Crippen LogP contribution is 1.99. The van der Waals surface area contributed by atoms with Gasteiger partial charge in [0.05, 0.1) is 13.2 Å². The van der Waals surface area contributed by atoms with Crippen LogP contribution in [0.3, 0.4) is 0 Å². The lowest BCUT2D eigenvalue weighted by Crippen LogP contribution is -2.38. The minimum absolute atomic E-state index is 0.0920. The third-order valence-corrected chi connectivity index (χ3v) is 3.16. The number of aromatic nitrogens is 1. The van der Waals surface area contributed by atoms with E-state index in [0.717, 1.165) is 45.0 Å². The van der Waals surface area contributed by atoms with Gasteiger partial charge in [0.25, 0.3) is 5.91 Å².